The van der Waals surface area contributed by atoms with Gasteiger partial charge in [0.1, 0.15) is 0 Å². The van der Waals surface area contributed by atoms with Gasteiger partial charge in [-0.2, -0.15) is 0 Å². The number of nitrogens with one attached hydrogen (secondary N) is 1. The smallest absolute Gasteiger partial charge is 0.251 e. The summed E-state index contributed by atoms with van der Waals surface area (Å²) >= 11 is 3.39. The van der Waals surface area contributed by atoms with E-state index < -0.39 is 0 Å². The molecular formula is C19H28BrNO. The summed E-state index contributed by atoms with van der Waals surface area (Å²) < 4.78 is 1.00. The molecule has 0 saturated heterocycles. The number of amides is 1. The Morgan fingerprint density at radius 3 is 2.23 bits per heavy atom. The molecule has 2 nitrogen and oxygen atoms in total. The molecule has 1 amide bonds. The van der Waals surface area contributed by atoms with Crippen LogP contribution in [0.2, 0.25) is 0 Å². The summed E-state index contributed by atoms with van der Waals surface area (Å²) in [5, 5.41) is 3.04. The highest BCUT2D eigenvalue weighted by Crippen LogP contribution is 2.25. The fourth-order valence-electron chi connectivity index (χ4n) is 3.30. The fourth-order valence-corrected chi connectivity index (χ4v) is 3.57. The molecule has 1 aliphatic rings. The SMILES string of the molecule is O=C(NCCCC1CCCCCCCC1)c1ccc(Br)cc1. The van der Waals surface area contributed by atoms with Crippen molar-refractivity contribution in [2.45, 2.75) is 64.2 Å². The molecule has 0 aliphatic heterocycles. The molecule has 122 valence electrons. The van der Waals surface area contributed by atoms with Gasteiger partial charge in [0.25, 0.3) is 5.91 Å². The summed E-state index contributed by atoms with van der Waals surface area (Å²) in [5.41, 5.74) is 0.741. The van der Waals surface area contributed by atoms with Crippen molar-refractivity contribution in [2.75, 3.05) is 6.54 Å². The van der Waals surface area contributed by atoms with E-state index in [0.29, 0.717) is 0 Å². The lowest BCUT2D eigenvalue weighted by Crippen LogP contribution is -2.24. The van der Waals surface area contributed by atoms with Gasteiger partial charge in [-0.1, -0.05) is 67.3 Å². The van der Waals surface area contributed by atoms with Gasteiger partial charge in [-0.05, 0) is 43.0 Å². The molecule has 22 heavy (non-hydrogen) atoms. The van der Waals surface area contributed by atoms with Crippen molar-refractivity contribution in [3.05, 3.63) is 34.3 Å². The first-order valence-electron chi connectivity index (χ1n) is 8.79. The molecule has 0 unspecified atom stereocenters. The third-order valence-electron chi connectivity index (χ3n) is 4.66. The van der Waals surface area contributed by atoms with Gasteiger partial charge in [0.2, 0.25) is 0 Å². The van der Waals surface area contributed by atoms with E-state index >= 15 is 0 Å². The van der Waals surface area contributed by atoms with Crippen molar-refractivity contribution < 1.29 is 4.79 Å². The average Bonchev–Trinajstić information content (AvgIpc) is 2.66. The molecule has 0 radical (unpaired) electrons. The summed E-state index contributed by atoms with van der Waals surface area (Å²) in [6.07, 6.45) is 13.6. The minimum absolute atomic E-state index is 0.0435. The standard InChI is InChI=1S/C19H28BrNO/c20-18-13-11-17(12-14-18)19(22)21-15-7-10-16-8-5-3-1-2-4-6-9-16/h11-14,16H,1-10,15H2,(H,21,22). The van der Waals surface area contributed by atoms with Crippen molar-refractivity contribution in [2.24, 2.45) is 5.92 Å². The molecule has 0 atom stereocenters. The molecule has 0 aromatic heterocycles. The number of benzene rings is 1. The first-order chi connectivity index (χ1) is 10.8. The van der Waals surface area contributed by atoms with Crippen molar-refractivity contribution in [1.82, 2.24) is 5.32 Å². The highest BCUT2D eigenvalue weighted by atomic mass is 79.9. The molecule has 2 rings (SSSR count). The summed E-state index contributed by atoms with van der Waals surface area (Å²) in [5.74, 6) is 0.921. The minimum atomic E-state index is 0.0435. The number of rotatable bonds is 5. The Bertz CT molecular complexity index is 433. The van der Waals surface area contributed by atoms with Crippen LogP contribution in [0.3, 0.4) is 0 Å². The number of hydrogen-bond donors (Lipinski definition) is 1. The number of hydrogen-bond acceptors (Lipinski definition) is 1. The zero-order valence-corrected chi connectivity index (χ0v) is 15.0. The largest absolute Gasteiger partial charge is 0.352 e. The Morgan fingerprint density at radius 2 is 1.59 bits per heavy atom. The van der Waals surface area contributed by atoms with Crippen LogP contribution in [0.25, 0.3) is 0 Å². The molecule has 1 fully saturated rings. The molecule has 1 aromatic rings. The van der Waals surface area contributed by atoms with Crippen molar-refractivity contribution in [1.29, 1.82) is 0 Å². The molecular weight excluding hydrogens is 338 g/mol. The summed E-state index contributed by atoms with van der Waals surface area (Å²) in [6, 6.07) is 7.54. The quantitative estimate of drug-likeness (QED) is 0.665. The van der Waals surface area contributed by atoms with Gasteiger partial charge < -0.3 is 5.32 Å². The van der Waals surface area contributed by atoms with Gasteiger partial charge in [0.15, 0.2) is 0 Å². The third kappa shape index (κ3) is 6.51. The molecule has 1 aromatic carbocycles. The summed E-state index contributed by atoms with van der Waals surface area (Å²) in [4.78, 5) is 12.0. The molecule has 1 aliphatic carbocycles. The molecule has 0 spiro atoms. The Morgan fingerprint density at radius 1 is 1.00 bits per heavy atom. The van der Waals surface area contributed by atoms with Gasteiger partial charge in [-0.3, -0.25) is 4.79 Å². The molecule has 0 bridgehead atoms. The van der Waals surface area contributed by atoms with Crippen molar-refractivity contribution >= 4 is 21.8 Å². The summed E-state index contributed by atoms with van der Waals surface area (Å²) in [7, 11) is 0. The normalized spacial score (nSPS) is 17.3. The lowest BCUT2D eigenvalue weighted by molar-refractivity contribution is 0.0952. The van der Waals surface area contributed by atoms with E-state index in [-0.39, 0.29) is 5.91 Å². The maximum absolute atomic E-state index is 12.0. The van der Waals surface area contributed by atoms with E-state index in [4.69, 9.17) is 0 Å². The van der Waals surface area contributed by atoms with E-state index in [1.165, 1.54) is 57.8 Å². The second kappa shape index (κ2) is 10.0. The predicted molar refractivity (Wildman–Crippen MR) is 96.1 cm³/mol. The van der Waals surface area contributed by atoms with Gasteiger partial charge in [0, 0.05) is 16.6 Å². The van der Waals surface area contributed by atoms with Gasteiger partial charge in [-0.25, -0.2) is 0 Å². The Labute approximate surface area is 143 Å². The van der Waals surface area contributed by atoms with Crippen LogP contribution in [0.5, 0.6) is 0 Å². The Balaban J connectivity index is 1.65. The van der Waals surface area contributed by atoms with E-state index in [1.807, 2.05) is 24.3 Å². The van der Waals surface area contributed by atoms with Crippen LogP contribution in [0.1, 0.15) is 74.6 Å². The maximum Gasteiger partial charge on any atom is 0.251 e. The van der Waals surface area contributed by atoms with Crippen LogP contribution in [0.4, 0.5) is 0 Å². The van der Waals surface area contributed by atoms with Crippen LogP contribution in [0.15, 0.2) is 28.7 Å². The zero-order valence-electron chi connectivity index (χ0n) is 13.5. The third-order valence-corrected chi connectivity index (χ3v) is 5.18. The number of halogens is 1. The van der Waals surface area contributed by atoms with Crippen LogP contribution < -0.4 is 5.32 Å². The summed E-state index contributed by atoms with van der Waals surface area (Å²) in [6.45, 7) is 0.797. The van der Waals surface area contributed by atoms with Gasteiger partial charge in [0.05, 0.1) is 0 Å². The molecule has 1 N–H and O–H groups in total. The van der Waals surface area contributed by atoms with Crippen LogP contribution >= 0.6 is 15.9 Å². The van der Waals surface area contributed by atoms with E-state index in [0.717, 1.165) is 28.9 Å². The van der Waals surface area contributed by atoms with Gasteiger partial charge in [-0.15, -0.1) is 0 Å². The monoisotopic (exact) mass is 365 g/mol. The van der Waals surface area contributed by atoms with E-state index in [1.54, 1.807) is 0 Å². The lowest BCUT2D eigenvalue weighted by Gasteiger charge is -2.15. The van der Waals surface area contributed by atoms with Crippen molar-refractivity contribution in [3.8, 4) is 0 Å². The maximum atomic E-state index is 12.0. The Kier molecular flexibility index (Phi) is 8.00. The molecule has 1 saturated carbocycles. The Hall–Kier alpha value is -0.830. The highest BCUT2D eigenvalue weighted by Gasteiger charge is 2.11. The lowest BCUT2D eigenvalue weighted by atomic mass is 9.92. The second-order valence-electron chi connectivity index (χ2n) is 6.47. The molecule has 3 heteroatoms. The first kappa shape index (κ1) is 17.5. The number of carbonyl (C=O) groups excluding carboxylic acids is 1. The average molecular weight is 366 g/mol. The highest BCUT2D eigenvalue weighted by molar-refractivity contribution is 9.10. The first-order valence-corrected chi connectivity index (χ1v) is 9.59. The van der Waals surface area contributed by atoms with E-state index in [2.05, 4.69) is 21.2 Å². The fraction of sp³-hybridized carbons (Fsp3) is 0.632. The predicted octanol–water partition coefficient (Wildman–Crippen LogP) is 5.71. The number of carbonyl (C=O) groups is 1. The van der Waals surface area contributed by atoms with Crippen molar-refractivity contribution in [3.63, 3.8) is 0 Å². The van der Waals surface area contributed by atoms with E-state index in [9.17, 15) is 4.79 Å². The van der Waals surface area contributed by atoms with Crippen LogP contribution in [-0.2, 0) is 0 Å². The van der Waals surface area contributed by atoms with Crippen LogP contribution in [0, 0.1) is 5.92 Å². The minimum Gasteiger partial charge on any atom is -0.352 e. The topological polar surface area (TPSA) is 29.1 Å². The second-order valence-corrected chi connectivity index (χ2v) is 7.39. The molecule has 0 heterocycles. The zero-order chi connectivity index (χ0) is 15.6. The van der Waals surface area contributed by atoms with Crippen LogP contribution in [-0.4, -0.2) is 12.5 Å². The van der Waals surface area contributed by atoms with Gasteiger partial charge >= 0.3 is 0 Å².